The lowest BCUT2D eigenvalue weighted by Crippen LogP contribution is -1.89. The number of rotatable bonds is 2. The number of hydrogen-bond donors (Lipinski definition) is 0. The predicted molar refractivity (Wildman–Crippen MR) is 54.0 cm³/mol. The molecule has 1 aromatic carbocycles. The zero-order chi connectivity index (χ0) is 9.97. The first-order chi connectivity index (χ1) is 6.81. The SMILES string of the molecule is Cn1cc(C=O)nc1-c1ccccc1. The normalized spacial score (nSPS) is 10.1. The van der Waals surface area contributed by atoms with E-state index >= 15 is 0 Å². The first kappa shape index (κ1) is 8.69. The molecule has 0 aliphatic heterocycles. The van der Waals surface area contributed by atoms with Gasteiger partial charge in [-0.05, 0) is 0 Å². The average molecular weight is 186 g/mol. The van der Waals surface area contributed by atoms with Crippen LogP contribution in [-0.4, -0.2) is 15.8 Å². The molecule has 0 spiro atoms. The Hall–Kier alpha value is -1.90. The van der Waals surface area contributed by atoms with Gasteiger partial charge in [-0.2, -0.15) is 0 Å². The third kappa shape index (κ3) is 1.44. The Kier molecular flexibility index (Phi) is 2.14. The van der Waals surface area contributed by atoms with Crippen LogP contribution >= 0.6 is 0 Å². The summed E-state index contributed by atoms with van der Waals surface area (Å²) in [7, 11) is 1.88. The number of carbonyl (C=O) groups is 1. The molecule has 0 aliphatic carbocycles. The zero-order valence-corrected chi connectivity index (χ0v) is 7.84. The van der Waals surface area contributed by atoms with Gasteiger partial charge in [0, 0.05) is 18.8 Å². The van der Waals surface area contributed by atoms with Gasteiger partial charge in [0.05, 0.1) is 0 Å². The quantitative estimate of drug-likeness (QED) is 0.671. The van der Waals surface area contributed by atoms with Gasteiger partial charge in [-0.3, -0.25) is 4.79 Å². The second-order valence-corrected chi connectivity index (χ2v) is 3.08. The lowest BCUT2D eigenvalue weighted by molar-refractivity contribution is 0.111. The molecule has 0 aliphatic rings. The molecule has 1 aromatic heterocycles. The van der Waals surface area contributed by atoms with E-state index in [9.17, 15) is 4.79 Å². The smallest absolute Gasteiger partial charge is 0.170 e. The van der Waals surface area contributed by atoms with E-state index in [1.54, 1.807) is 6.20 Å². The maximum absolute atomic E-state index is 10.5. The van der Waals surface area contributed by atoms with Gasteiger partial charge >= 0.3 is 0 Å². The average Bonchev–Trinajstić information content (AvgIpc) is 2.61. The summed E-state index contributed by atoms with van der Waals surface area (Å²) in [6, 6.07) is 9.79. The van der Waals surface area contributed by atoms with E-state index in [1.165, 1.54) is 0 Å². The van der Waals surface area contributed by atoms with Crippen molar-refractivity contribution in [2.24, 2.45) is 7.05 Å². The first-order valence-electron chi connectivity index (χ1n) is 4.35. The molecule has 0 N–H and O–H groups in total. The summed E-state index contributed by atoms with van der Waals surface area (Å²) in [5.41, 5.74) is 1.48. The van der Waals surface area contributed by atoms with E-state index in [0.717, 1.165) is 17.7 Å². The number of aldehydes is 1. The van der Waals surface area contributed by atoms with Crippen LogP contribution in [0.4, 0.5) is 0 Å². The van der Waals surface area contributed by atoms with Gasteiger partial charge in [-0.1, -0.05) is 30.3 Å². The third-order valence-electron chi connectivity index (χ3n) is 2.05. The van der Waals surface area contributed by atoms with Crippen LogP contribution in [0.1, 0.15) is 10.5 Å². The fourth-order valence-electron chi connectivity index (χ4n) is 1.40. The Morgan fingerprint density at radius 1 is 1.29 bits per heavy atom. The Labute approximate surface area is 82.0 Å². The maximum atomic E-state index is 10.5. The lowest BCUT2D eigenvalue weighted by atomic mass is 10.2. The Balaban J connectivity index is 2.51. The maximum Gasteiger partial charge on any atom is 0.170 e. The predicted octanol–water partition coefficient (Wildman–Crippen LogP) is 1.90. The molecule has 0 saturated carbocycles. The Bertz CT molecular complexity index is 446. The van der Waals surface area contributed by atoms with E-state index in [1.807, 2.05) is 41.9 Å². The summed E-state index contributed by atoms with van der Waals surface area (Å²) in [4.78, 5) is 14.7. The van der Waals surface area contributed by atoms with Crippen LogP contribution < -0.4 is 0 Å². The van der Waals surface area contributed by atoms with Crippen LogP contribution in [0.5, 0.6) is 0 Å². The number of carbonyl (C=O) groups excluding carboxylic acids is 1. The highest BCUT2D eigenvalue weighted by Gasteiger charge is 2.05. The van der Waals surface area contributed by atoms with Crippen LogP contribution in [-0.2, 0) is 7.05 Å². The Morgan fingerprint density at radius 3 is 2.57 bits per heavy atom. The second-order valence-electron chi connectivity index (χ2n) is 3.08. The van der Waals surface area contributed by atoms with E-state index in [-0.39, 0.29) is 0 Å². The van der Waals surface area contributed by atoms with Crippen LogP contribution in [0.25, 0.3) is 11.4 Å². The molecule has 2 rings (SSSR count). The number of hydrogen-bond acceptors (Lipinski definition) is 2. The molecule has 0 radical (unpaired) electrons. The monoisotopic (exact) mass is 186 g/mol. The number of benzene rings is 1. The summed E-state index contributed by atoms with van der Waals surface area (Å²) in [6.45, 7) is 0. The van der Waals surface area contributed by atoms with Crippen molar-refractivity contribution in [3.63, 3.8) is 0 Å². The first-order valence-corrected chi connectivity index (χ1v) is 4.35. The minimum Gasteiger partial charge on any atom is -0.333 e. The third-order valence-corrected chi connectivity index (χ3v) is 2.05. The molecule has 3 heteroatoms. The molecule has 70 valence electrons. The topological polar surface area (TPSA) is 34.9 Å². The summed E-state index contributed by atoms with van der Waals surface area (Å²) >= 11 is 0. The van der Waals surface area contributed by atoms with E-state index < -0.39 is 0 Å². The van der Waals surface area contributed by atoms with E-state index in [4.69, 9.17) is 0 Å². The zero-order valence-electron chi connectivity index (χ0n) is 7.84. The van der Waals surface area contributed by atoms with Crippen LogP contribution in [0.2, 0.25) is 0 Å². The van der Waals surface area contributed by atoms with Crippen LogP contribution in [0.3, 0.4) is 0 Å². The van der Waals surface area contributed by atoms with Crippen molar-refractivity contribution < 1.29 is 4.79 Å². The lowest BCUT2D eigenvalue weighted by Gasteiger charge is -1.99. The summed E-state index contributed by atoms with van der Waals surface area (Å²) in [6.07, 6.45) is 2.47. The second kappa shape index (κ2) is 3.46. The Morgan fingerprint density at radius 2 is 2.00 bits per heavy atom. The molecule has 0 fully saturated rings. The molecule has 0 atom stereocenters. The number of imidazole rings is 1. The minimum atomic E-state index is 0.464. The molecule has 0 bridgehead atoms. The van der Waals surface area contributed by atoms with Crippen molar-refractivity contribution in [3.8, 4) is 11.4 Å². The van der Waals surface area contributed by atoms with E-state index in [2.05, 4.69) is 4.98 Å². The highest BCUT2D eigenvalue weighted by Crippen LogP contribution is 2.16. The molecule has 3 nitrogen and oxygen atoms in total. The molecular weight excluding hydrogens is 176 g/mol. The minimum absolute atomic E-state index is 0.464. The number of aryl methyl sites for hydroxylation is 1. The molecule has 0 unspecified atom stereocenters. The van der Waals surface area contributed by atoms with Gasteiger partial charge in [0.15, 0.2) is 6.29 Å². The summed E-state index contributed by atoms with van der Waals surface area (Å²) in [5, 5.41) is 0. The highest BCUT2D eigenvalue weighted by molar-refractivity contribution is 5.73. The fourth-order valence-corrected chi connectivity index (χ4v) is 1.40. The van der Waals surface area contributed by atoms with Crippen molar-refractivity contribution in [2.75, 3.05) is 0 Å². The molecular formula is C11H10N2O. The molecule has 0 saturated heterocycles. The van der Waals surface area contributed by atoms with Gasteiger partial charge in [0.25, 0.3) is 0 Å². The van der Waals surface area contributed by atoms with Crippen molar-refractivity contribution in [1.82, 2.24) is 9.55 Å². The highest BCUT2D eigenvalue weighted by atomic mass is 16.1. The van der Waals surface area contributed by atoms with Gasteiger partial charge in [0.2, 0.25) is 0 Å². The van der Waals surface area contributed by atoms with Crippen LogP contribution in [0.15, 0.2) is 36.5 Å². The number of aromatic nitrogens is 2. The van der Waals surface area contributed by atoms with Gasteiger partial charge in [0.1, 0.15) is 11.5 Å². The van der Waals surface area contributed by atoms with Crippen molar-refractivity contribution in [2.45, 2.75) is 0 Å². The summed E-state index contributed by atoms with van der Waals surface area (Å²) < 4.78 is 1.85. The van der Waals surface area contributed by atoms with Crippen molar-refractivity contribution in [3.05, 3.63) is 42.2 Å². The summed E-state index contributed by atoms with van der Waals surface area (Å²) in [5.74, 6) is 0.813. The molecule has 1 heterocycles. The molecule has 14 heavy (non-hydrogen) atoms. The number of nitrogens with zero attached hydrogens (tertiary/aromatic N) is 2. The van der Waals surface area contributed by atoms with Gasteiger partial charge < -0.3 is 4.57 Å². The largest absolute Gasteiger partial charge is 0.333 e. The molecule has 2 aromatic rings. The fraction of sp³-hybridized carbons (Fsp3) is 0.0909. The van der Waals surface area contributed by atoms with Crippen molar-refractivity contribution in [1.29, 1.82) is 0 Å². The van der Waals surface area contributed by atoms with Gasteiger partial charge in [-0.15, -0.1) is 0 Å². The van der Waals surface area contributed by atoms with Crippen LogP contribution in [0, 0.1) is 0 Å². The van der Waals surface area contributed by atoms with Crippen molar-refractivity contribution >= 4 is 6.29 Å². The molecule has 0 amide bonds. The van der Waals surface area contributed by atoms with E-state index in [0.29, 0.717) is 5.69 Å². The standard InChI is InChI=1S/C11H10N2O/c1-13-7-10(8-14)12-11(13)9-5-3-2-4-6-9/h2-8H,1H3. The van der Waals surface area contributed by atoms with Gasteiger partial charge in [-0.25, -0.2) is 4.98 Å².